The molecular formula is C71H126O21. The van der Waals surface area contributed by atoms with Gasteiger partial charge in [0.2, 0.25) is 0 Å². The van der Waals surface area contributed by atoms with Crippen LogP contribution in [0.1, 0.15) is 168 Å². The molecule has 1 aromatic carbocycles. The highest BCUT2D eigenvalue weighted by molar-refractivity contribution is 5.89. The molecule has 0 saturated carbocycles. The third kappa shape index (κ3) is 32.5. The van der Waals surface area contributed by atoms with E-state index in [1.165, 1.54) is 20.8 Å². The van der Waals surface area contributed by atoms with Crippen molar-refractivity contribution in [1.82, 2.24) is 0 Å². The van der Waals surface area contributed by atoms with E-state index in [0.717, 1.165) is 45.5 Å². The van der Waals surface area contributed by atoms with Gasteiger partial charge >= 0.3 is 23.9 Å². The highest BCUT2D eigenvalue weighted by Crippen LogP contribution is 2.39. The summed E-state index contributed by atoms with van der Waals surface area (Å²) in [7, 11) is 0. The van der Waals surface area contributed by atoms with Crippen LogP contribution in [0.15, 0.2) is 30.3 Å². The summed E-state index contributed by atoms with van der Waals surface area (Å²) in [6.07, 6.45) is 2.45. The van der Waals surface area contributed by atoms with Gasteiger partial charge in [-0.3, -0.25) is 14.4 Å². The Hall–Kier alpha value is -3.42. The van der Waals surface area contributed by atoms with Gasteiger partial charge < -0.3 is 80.5 Å². The Morgan fingerprint density at radius 2 is 0.543 bits per heavy atom. The average Bonchev–Trinajstić information content (AvgIpc) is 0.879. The molecular weight excluding hydrogens is 1190 g/mol. The van der Waals surface area contributed by atoms with Crippen LogP contribution in [0.4, 0.5) is 0 Å². The molecule has 0 aromatic heterocycles. The Balaban J connectivity index is 0.000000424. The summed E-state index contributed by atoms with van der Waals surface area (Å²) in [5.41, 5.74) is 0.547. The van der Waals surface area contributed by atoms with E-state index in [1.54, 1.807) is 12.1 Å². The maximum Gasteiger partial charge on any atom is 0.338 e. The first-order valence-electron chi connectivity index (χ1n) is 34.5. The molecule has 4 aliphatic heterocycles. The zero-order valence-corrected chi connectivity index (χ0v) is 60.1. The first kappa shape index (κ1) is 84.7. The third-order valence-corrected chi connectivity index (χ3v) is 18.5. The fraction of sp³-hybridized carbons (Fsp3) is 0.859. The normalized spacial score (nSPS) is 31.0. The predicted octanol–water partition coefficient (Wildman–Crippen LogP) is 11.8. The fourth-order valence-electron chi connectivity index (χ4n) is 11.0. The van der Waals surface area contributed by atoms with Crippen molar-refractivity contribution < 1.29 is 99.7 Å². The van der Waals surface area contributed by atoms with Crippen LogP contribution in [0, 0.1) is 71.0 Å². The molecule has 21 nitrogen and oxygen atoms in total. The van der Waals surface area contributed by atoms with Crippen LogP contribution in [0.5, 0.6) is 0 Å². The number of hydrogen-bond acceptors (Lipinski definition) is 21. The summed E-state index contributed by atoms with van der Waals surface area (Å²) >= 11 is 0. The van der Waals surface area contributed by atoms with E-state index < -0.39 is 0 Å². The Morgan fingerprint density at radius 1 is 0.304 bits per heavy atom. The first-order valence-corrected chi connectivity index (χ1v) is 34.5. The second kappa shape index (κ2) is 49.1. The number of benzene rings is 1. The van der Waals surface area contributed by atoms with Crippen molar-refractivity contribution in [2.75, 3.05) is 119 Å². The minimum atomic E-state index is -0.332. The van der Waals surface area contributed by atoms with Gasteiger partial charge in [-0.15, -0.1) is 0 Å². The van der Waals surface area contributed by atoms with Crippen LogP contribution >= 0.6 is 0 Å². The SMILES string of the molecule is CCCOC1OC(COC(C)=O)C(C)C(C)C1C.CCCOCCOC1OC(COC(C)=O)C(C)C(C)C1C.CCCOCCOCCOC1OC(COC(C)=O)C(C)C(C)C1C.CCCOCCOCCO[C@H]1OC(COC(=O)c2ccccc2)[C@@H](C)[C@H](C)C1C. The largest absolute Gasteiger partial charge is 0.463 e. The highest BCUT2D eigenvalue weighted by atomic mass is 16.7. The summed E-state index contributed by atoms with van der Waals surface area (Å²) in [6.45, 7) is 48.0. The summed E-state index contributed by atoms with van der Waals surface area (Å²) in [5, 5.41) is 0. The smallest absolute Gasteiger partial charge is 0.338 e. The van der Waals surface area contributed by atoms with Crippen LogP contribution in [0.25, 0.3) is 0 Å². The molecule has 4 saturated heterocycles. The molecule has 4 heterocycles. The maximum atomic E-state index is 12.2. The molecule has 0 radical (unpaired) electrons. The van der Waals surface area contributed by atoms with E-state index in [9.17, 15) is 19.2 Å². The van der Waals surface area contributed by atoms with E-state index in [1.807, 2.05) is 18.2 Å². The maximum absolute atomic E-state index is 12.2. The van der Waals surface area contributed by atoms with Gasteiger partial charge in [-0.2, -0.15) is 0 Å². The van der Waals surface area contributed by atoms with Crippen LogP contribution < -0.4 is 0 Å². The van der Waals surface area contributed by atoms with Crippen LogP contribution in [-0.4, -0.2) is 192 Å². The topological polar surface area (TPSA) is 225 Å². The van der Waals surface area contributed by atoms with Crippen molar-refractivity contribution in [3.8, 4) is 0 Å². The Bertz CT molecular complexity index is 2050. The summed E-state index contributed by atoms with van der Waals surface area (Å²) < 4.78 is 95.4. The van der Waals surface area contributed by atoms with Crippen molar-refractivity contribution >= 4 is 23.9 Å². The lowest BCUT2D eigenvalue weighted by Gasteiger charge is -2.43. The molecule has 21 heteroatoms. The van der Waals surface area contributed by atoms with Crippen molar-refractivity contribution in [3.63, 3.8) is 0 Å². The van der Waals surface area contributed by atoms with Gasteiger partial charge in [0, 0.05) is 70.9 Å². The second-order valence-electron chi connectivity index (χ2n) is 25.4. The quantitative estimate of drug-likeness (QED) is 0.0346. The molecule has 17 unspecified atom stereocenters. The monoisotopic (exact) mass is 1310 g/mol. The lowest BCUT2D eigenvalue weighted by atomic mass is 9.79. The molecule has 92 heavy (non-hydrogen) atoms. The van der Waals surface area contributed by atoms with E-state index in [4.69, 9.17) is 80.5 Å². The molecule has 536 valence electrons. The molecule has 0 bridgehead atoms. The van der Waals surface area contributed by atoms with Gasteiger partial charge in [0.25, 0.3) is 0 Å². The van der Waals surface area contributed by atoms with Gasteiger partial charge in [0.1, 0.15) is 26.4 Å². The molecule has 0 N–H and O–H groups in total. The number of carbonyl (C=O) groups is 4. The zero-order chi connectivity index (χ0) is 68.5. The van der Waals surface area contributed by atoms with Crippen LogP contribution in [0.3, 0.4) is 0 Å². The fourth-order valence-corrected chi connectivity index (χ4v) is 11.0. The zero-order valence-electron chi connectivity index (χ0n) is 60.1. The van der Waals surface area contributed by atoms with Gasteiger partial charge in [0.05, 0.1) is 96.0 Å². The van der Waals surface area contributed by atoms with Gasteiger partial charge in [-0.1, -0.05) is 129 Å². The van der Waals surface area contributed by atoms with Crippen LogP contribution in [-0.2, 0) is 94.9 Å². The van der Waals surface area contributed by atoms with Gasteiger partial charge in [-0.05, 0) is 85.2 Å². The van der Waals surface area contributed by atoms with Crippen LogP contribution in [0.2, 0.25) is 0 Å². The lowest BCUT2D eigenvalue weighted by Crippen LogP contribution is -2.48. The lowest BCUT2D eigenvalue weighted by molar-refractivity contribution is -0.258. The van der Waals surface area contributed by atoms with E-state index in [0.29, 0.717) is 145 Å². The molecule has 20 atom stereocenters. The molecule has 0 spiro atoms. The highest BCUT2D eigenvalue weighted by Gasteiger charge is 2.43. The van der Waals surface area contributed by atoms with Crippen molar-refractivity contribution in [1.29, 1.82) is 0 Å². The average molecular weight is 1320 g/mol. The minimum Gasteiger partial charge on any atom is -0.463 e. The first-order chi connectivity index (χ1) is 43.9. The number of hydrogen-bond donors (Lipinski definition) is 0. The van der Waals surface area contributed by atoms with E-state index in [-0.39, 0.29) is 104 Å². The molecule has 0 aliphatic carbocycles. The predicted molar refractivity (Wildman–Crippen MR) is 350 cm³/mol. The Morgan fingerprint density at radius 3 is 0.804 bits per heavy atom. The Kier molecular flexibility index (Phi) is 45.2. The summed E-state index contributed by atoms with van der Waals surface area (Å²) in [4.78, 5) is 45.1. The molecule has 4 aliphatic rings. The Labute approximate surface area is 554 Å². The van der Waals surface area contributed by atoms with Crippen molar-refractivity contribution in [3.05, 3.63) is 35.9 Å². The van der Waals surface area contributed by atoms with Gasteiger partial charge in [0.15, 0.2) is 25.2 Å². The van der Waals surface area contributed by atoms with Crippen molar-refractivity contribution in [2.24, 2.45) is 71.0 Å². The number of esters is 4. The summed E-state index contributed by atoms with van der Waals surface area (Å²) in [6, 6.07) is 9.01. The van der Waals surface area contributed by atoms with Crippen molar-refractivity contribution in [2.45, 2.75) is 207 Å². The molecule has 1 aromatic rings. The second-order valence-corrected chi connectivity index (χ2v) is 25.4. The third-order valence-electron chi connectivity index (χ3n) is 18.5. The number of carbonyl (C=O) groups excluding carboxylic acids is 4. The van der Waals surface area contributed by atoms with Gasteiger partial charge in [-0.25, -0.2) is 4.79 Å². The molecule has 0 amide bonds. The molecule has 4 fully saturated rings. The number of ether oxygens (including phenoxy) is 17. The molecule has 5 rings (SSSR count). The summed E-state index contributed by atoms with van der Waals surface area (Å²) in [5.74, 6) is 3.05. The number of rotatable bonds is 36. The minimum absolute atomic E-state index is 0.0676. The van der Waals surface area contributed by atoms with E-state index >= 15 is 0 Å². The standard InChI is InChI=1S/C23H36O6.C18H34O6.C16H30O5.C14H26O4/c1-5-11-25-12-13-26-14-15-27-23-19(4)17(2)18(3)21(29-23)16-28-22(24)20-9-7-6-8-10-20;1-6-7-20-8-9-21-10-11-22-18-15(4)13(2)14(3)17(24-18)12-23-16(5)19;1-6-7-18-8-9-19-16-13(4)11(2)12(3)15(21-16)10-20-14(5)17;1-6-7-16-14-11(4)9(2)10(3)13(18-14)8-17-12(5)15/h6-10,17-19,21,23H,5,11-16H2,1-4H3;13-15,17-18H,6-12H2,1-5H3;11-13,15-16H,6-10H2,1-5H3;9-11,13-14H,6-8H2,1-5H3/t17-,18-,19?,21?,23-;;;/m0.../s1. The van der Waals surface area contributed by atoms with E-state index in [2.05, 4.69) is 111 Å².